The normalized spacial score (nSPS) is 11.3. The van der Waals surface area contributed by atoms with Crippen molar-refractivity contribution in [3.8, 4) is 0 Å². The quantitative estimate of drug-likeness (QED) is 0.502. The molecule has 0 saturated heterocycles. The van der Waals surface area contributed by atoms with E-state index in [4.69, 9.17) is 10.5 Å². The van der Waals surface area contributed by atoms with Gasteiger partial charge < -0.3 is 15.8 Å². The number of ether oxygens (including phenoxy) is 1. The molecule has 2 amide bonds. The van der Waals surface area contributed by atoms with Crippen LogP contribution in [-0.4, -0.2) is 36.2 Å². The molecule has 0 radical (unpaired) electrons. The molecule has 0 spiro atoms. The number of nitrogens with two attached hydrogens (primary N) is 1. The summed E-state index contributed by atoms with van der Waals surface area (Å²) in [5, 5.41) is 2.42. The van der Waals surface area contributed by atoms with Crippen LogP contribution in [0.15, 0.2) is 54.6 Å². The van der Waals surface area contributed by atoms with E-state index in [9.17, 15) is 23.6 Å². The summed E-state index contributed by atoms with van der Waals surface area (Å²) < 4.78 is 18.0. The standard InChI is InChI=1S/C20H19FN2O5/c21-15-8-6-14(7-9-15)19(26)23-16(10-11-18(22)25)20(27)28-12-17(24)13-4-2-1-3-5-13/h1-9,16H,10-12H2,(H2,22,25)(H,23,26)/t16-/m0/s1. The van der Waals surface area contributed by atoms with Crippen LogP contribution in [0.4, 0.5) is 4.39 Å². The highest BCUT2D eigenvalue weighted by atomic mass is 19.1. The second kappa shape index (κ2) is 9.96. The van der Waals surface area contributed by atoms with Crippen LogP contribution in [0.1, 0.15) is 33.6 Å². The third-order valence-electron chi connectivity index (χ3n) is 3.82. The van der Waals surface area contributed by atoms with Crippen LogP contribution in [0.25, 0.3) is 0 Å². The van der Waals surface area contributed by atoms with Crippen LogP contribution in [0.3, 0.4) is 0 Å². The molecular weight excluding hydrogens is 367 g/mol. The summed E-state index contributed by atoms with van der Waals surface area (Å²) in [6.45, 7) is -0.512. The summed E-state index contributed by atoms with van der Waals surface area (Å²) >= 11 is 0. The Hall–Kier alpha value is -3.55. The fraction of sp³-hybridized carbons (Fsp3) is 0.200. The van der Waals surface area contributed by atoms with E-state index in [1.165, 1.54) is 12.1 Å². The van der Waals surface area contributed by atoms with Gasteiger partial charge in [0, 0.05) is 17.5 Å². The van der Waals surface area contributed by atoms with Gasteiger partial charge in [0.1, 0.15) is 11.9 Å². The third kappa shape index (κ3) is 6.31. The van der Waals surface area contributed by atoms with E-state index in [0.717, 1.165) is 12.1 Å². The maximum Gasteiger partial charge on any atom is 0.329 e. The molecule has 0 bridgehead atoms. The summed E-state index contributed by atoms with van der Waals surface area (Å²) in [6, 6.07) is 11.8. The van der Waals surface area contributed by atoms with E-state index < -0.39 is 42.0 Å². The van der Waals surface area contributed by atoms with Crippen molar-refractivity contribution in [1.29, 1.82) is 0 Å². The molecule has 0 aliphatic rings. The van der Waals surface area contributed by atoms with Crippen LogP contribution in [0.2, 0.25) is 0 Å². The number of ketones is 1. The Morgan fingerprint density at radius 1 is 0.964 bits per heavy atom. The second-order valence-electron chi connectivity index (χ2n) is 5.93. The molecular formula is C20H19FN2O5. The molecule has 146 valence electrons. The minimum Gasteiger partial charge on any atom is -0.456 e. The van der Waals surface area contributed by atoms with Crippen molar-refractivity contribution < 1.29 is 28.3 Å². The first-order valence-electron chi connectivity index (χ1n) is 8.46. The molecule has 2 rings (SSSR count). The number of nitrogens with one attached hydrogen (secondary N) is 1. The number of amides is 2. The molecule has 2 aromatic rings. The number of Topliss-reactive ketones (excluding diaryl/α,β-unsaturated/α-hetero) is 1. The SMILES string of the molecule is NC(=O)CC[C@H](NC(=O)c1ccc(F)cc1)C(=O)OCC(=O)c1ccccc1. The van der Waals surface area contributed by atoms with E-state index in [1.54, 1.807) is 30.3 Å². The molecule has 28 heavy (non-hydrogen) atoms. The minimum absolute atomic E-state index is 0.0966. The van der Waals surface area contributed by atoms with Crippen LogP contribution in [-0.2, 0) is 14.3 Å². The molecule has 0 aromatic heterocycles. The number of esters is 1. The van der Waals surface area contributed by atoms with Gasteiger partial charge in [-0.3, -0.25) is 14.4 Å². The smallest absolute Gasteiger partial charge is 0.329 e. The molecule has 7 nitrogen and oxygen atoms in total. The Morgan fingerprint density at radius 3 is 2.21 bits per heavy atom. The number of carbonyl (C=O) groups is 4. The van der Waals surface area contributed by atoms with Crippen molar-refractivity contribution >= 4 is 23.6 Å². The Labute approximate surface area is 160 Å². The van der Waals surface area contributed by atoms with Gasteiger partial charge in [-0.15, -0.1) is 0 Å². The maximum absolute atomic E-state index is 13.0. The lowest BCUT2D eigenvalue weighted by molar-refractivity contribution is -0.145. The lowest BCUT2D eigenvalue weighted by Crippen LogP contribution is -2.43. The highest BCUT2D eigenvalue weighted by molar-refractivity contribution is 5.99. The van der Waals surface area contributed by atoms with Gasteiger partial charge in [0.15, 0.2) is 12.4 Å². The van der Waals surface area contributed by atoms with Gasteiger partial charge >= 0.3 is 5.97 Å². The molecule has 0 aliphatic heterocycles. The van der Waals surface area contributed by atoms with Crippen molar-refractivity contribution in [2.24, 2.45) is 5.73 Å². The highest BCUT2D eigenvalue weighted by Gasteiger charge is 2.24. The average molecular weight is 386 g/mol. The number of hydrogen-bond acceptors (Lipinski definition) is 5. The molecule has 0 aliphatic carbocycles. The first-order chi connectivity index (χ1) is 13.4. The van der Waals surface area contributed by atoms with Crippen LogP contribution < -0.4 is 11.1 Å². The number of primary amides is 1. The molecule has 1 atom stereocenters. The predicted molar refractivity (Wildman–Crippen MR) is 97.8 cm³/mol. The summed E-state index contributed by atoms with van der Waals surface area (Å²) in [6.07, 6.45) is -0.267. The summed E-state index contributed by atoms with van der Waals surface area (Å²) in [7, 11) is 0. The second-order valence-corrected chi connectivity index (χ2v) is 5.93. The van der Waals surface area contributed by atoms with Crippen LogP contribution >= 0.6 is 0 Å². The Balaban J connectivity index is 2.01. The molecule has 8 heteroatoms. The summed E-state index contributed by atoms with van der Waals surface area (Å²) in [5.41, 5.74) is 5.60. The average Bonchev–Trinajstić information content (AvgIpc) is 2.69. The van der Waals surface area contributed by atoms with E-state index in [2.05, 4.69) is 5.32 Å². The van der Waals surface area contributed by atoms with Gasteiger partial charge in [-0.2, -0.15) is 0 Å². The van der Waals surface area contributed by atoms with Crippen molar-refractivity contribution in [1.82, 2.24) is 5.32 Å². The zero-order valence-electron chi connectivity index (χ0n) is 14.9. The monoisotopic (exact) mass is 386 g/mol. The molecule has 0 heterocycles. The molecule has 3 N–H and O–H groups in total. The van der Waals surface area contributed by atoms with Gasteiger partial charge in [-0.1, -0.05) is 30.3 Å². The minimum atomic E-state index is -1.19. The lowest BCUT2D eigenvalue weighted by atomic mass is 10.1. The number of rotatable bonds is 9. The van der Waals surface area contributed by atoms with Crippen LogP contribution in [0.5, 0.6) is 0 Å². The predicted octanol–water partition coefficient (Wildman–Crippen LogP) is 1.62. The zero-order valence-corrected chi connectivity index (χ0v) is 14.9. The molecule has 2 aromatic carbocycles. The number of hydrogen-bond donors (Lipinski definition) is 2. The van der Waals surface area contributed by atoms with Gasteiger partial charge in [-0.05, 0) is 30.7 Å². The summed E-state index contributed by atoms with van der Waals surface area (Å²) in [5.74, 6) is -3.11. The van der Waals surface area contributed by atoms with Gasteiger partial charge in [0.25, 0.3) is 5.91 Å². The molecule has 0 unspecified atom stereocenters. The van der Waals surface area contributed by atoms with Crippen molar-refractivity contribution in [2.45, 2.75) is 18.9 Å². The van der Waals surface area contributed by atoms with Gasteiger partial charge in [0.05, 0.1) is 0 Å². The first-order valence-corrected chi connectivity index (χ1v) is 8.46. The summed E-state index contributed by atoms with van der Waals surface area (Å²) in [4.78, 5) is 47.6. The number of halogens is 1. The Kier molecular flexibility index (Phi) is 7.38. The Bertz CT molecular complexity index is 853. The van der Waals surface area contributed by atoms with Crippen molar-refractivity contribution in [3.05, 3.63) is 71.5 Å². The van der Waals surface area contributed by atoms with E-state index in [0.29, 0.717) is 5.56 Å². The van der Waals surface area contributed by atoms with Crippen molar-refractivity contribution in [2.75, 3.05) is 6.61 Å². The molecule has 0 saturated carbocycles. The van der Waals surface area contributed by atoms with Gasteiger partial charge in [0.2, 0.25) is 5.91 Å². The first kappa shape index (κ1) is 20.8. The lowest BCUT2D eigenvalue weighted by Gasteiger charge is -2.17. The van der Waals surface area contributed by atoms with E-state index >= 15 is 0 Å². The van der Waals surface area contributed by atoms with Gasteiger partial charge in [-0.25, -0.2) is 9.18 Å². The fourth-order valence-corrected chi connectivity index (χ4v) is 2.32. The van der Waals surface area contributed by atoms with E-state index in [-0.39, 0.29) is 18.4 Å². The number of carbonyl (C=O) groups excluding carboxylic acids is 4. The van der Waals surface area contributed by atoms with Crippen molar-refractivity contribution in [3.63, 3.8) is 0 Å². The third-order valence-corrected chi connectivity index (χ3v) is 3.82. The topological polar surface area (TPSA) is 116 Å². The molecule has 0 fully saturated rings. The Morgan fingerprint density at radius 2 is 1.61 bits per heavy atom. The zero-order chi connectivity index (χ0) is 20.5. The number of benzene rings is 2. The van der Waals surface area contributed by atoms with Crippen LogP contribution in [0, 0.1) is 5.82 Å². The van der Waals surface area contributed by atoms with E-state index in [1.807, 2.05) is 0 Å². The highest BCUT2D eigenvalue weighted by Crippen LogP contribution is 2.07. The fourth-order valence-electron chi connectivity index (χ4n) is 2.32. The largest absolute Gasteiger partial charge is 0.456 e. The maximum atomic E-state index is 13.0.